The predicted octanol–water partition coefficient (Wildman–Crippen LogP) is 1.33. The topological polar surface area (TPSA) is 67.2 Å². The van der Waals surface area contributed by atoms with Gasteiger partial charge in [0.2, 0.25) is 5.91 Å². The van der Waals surface area contributed by atoms with Crippen LogP contribution in [-0.4, -0.2) is 17.1 Å². The zero-order valence-electron chi connectivity index (χ0n) is 9.72. The lowest BCUT2D eigenvalue weighted by Gasteiger charge is -2.24. The Kier molecular flexibility index (Phi) is 2.82. The molecule has 0 saturated carbocycles. The van der Waals surface area contributed by atoms with Crippen LogP contribution in [0.4, 0.5) is 5.82 Å². The largest absolute Gasteiger partial charge is 0.363 e. The molecular formula is C13H13N3O2. The van der Waals surface area contributed by atoms with Crippen molar-refractivity contribution in [3.8, 4) is 0 Å². The third-order valence-corrected chi connectivity index (χ3v) is 3.09. The molecule has 0 bridgehead atoms. The van der Waals surface area contributed by atoms with E-state index in [1.165, 1.54) is 17.4 Å². The zero-order valence-corrected chi connectivity index (χ0v) is 9.72. The molecule has 0 saturated heterocycles. The Morgan fingerprint density at radius 2 is 2.17 bits per heavy atom. The van der Waals surface area contributed by atoms with Gasteiger partial charge < -0.3 is 15.2 Å². The van der Waals surface area contributed by atoms with E-state index in [9.17, 15) is 4.79 Å². The normalized spacial score (nSPS) is 18.1. The molecule has 0 unspecified atom stereocenters. The molecule has 2 N–H and O–H groups in total. The second-order valence-electron chi connectivity index (χ2n) is 4.28. The Bertz CT molecular complexity index is 551. The van der Waals surface area contributed by atoms with E-state index in [1.54, 1.807) is 6.07 Å². The van der Waals surface area contributed by atoms with Gasteiger partial charge in [0.25, 0.3) is 0 Å². The van der Waals surface area contributed by atoms with Crippen LogP contribution in [0.25, 0.3) is 0 Å². The summed E-state index contributed by atoms with van der Waals surface area (Å²) in [6.07, 6.45) is 2.12. The first-order valence-corrected chi connectivity index (χ1v) is 5.84. The molecule has 0 aliphatic carbocycles. The number of amides is 1. The molecule has 3 rings (SSSR count). The van der Waals surface area contributed by atoms with Crippen molar-refractivity contribution in [2.45, 2.75) is 19.0 Å². The first-order valence-electron chi connectivity index (χ1n) is 5.84. The van der Waals surface area contributed by atoms with E-state index in [2.05, 4.69) is 32.4 Å². The molecule has 1 atom stereocenters. The summed E-state index contributed by atoms with van der Waals surface area (Å²) in [5, 5.41) is 9.59. The lowest BCUT2D eigenvalue weighted by molar-refractivity contribution is -0.118. The van der Waals surface area contributed by atoms with E-state index in [-0.39, 0.29) is 11.9 Å². The summed E-state index contributed by atoms with van der Waals surface area (Å²) < 4.78 is 4.67. The Balaban J connectivity index is 1.70. The van der Waals surface area contributed by atoms with Crippen molar-refractivity contribution in [3.63, 3.8) is 0 Å². The van der Waals surface area contributed by atoms with Crippen LogP contribution >= 0.6 is 0 Å². The van der Waals surface area contributed by atoms with Crippen molar-refractivity contribution in [2.75, 3.05) is 5.32 Å². The highest BCUT2D eigenvalue weighted by molar-refractivity contribution is 5.94. The first kappa shape index (κ1) is 11.0. The number of hydrogen-bond donors (Lipinski definition) is 2. The maximum atomic E-state index is 12.0. The van der Waals surface area contributed by atoms with Crippen molar-refractivity contribution in [1.82, 2.24) is 10.5 Å². The van der Waals surface area contributed by atoms with Gasteiger partial charge in [0.05, 0.1) is 6.04 Å². The summed E-state index contributed by atoms with van der Waals surface area (Å²) in [5.41, 5.74) is 2.47. The molecule has 0 fully saturated rings. The fraction of sp³-hybridized carbons (Fsp3) is 0.231. The third kappa shape index (κ3) is 2.12. The Labute approximate surface area is 104 Å². The van der Waals surface area contributed by atoms with Gasteiger partial charge in [-0.25, -0.2) is 0 Å². The Hall–Kier alpha value is -2.14. The lowest BCUT2D eigenvalue weighted by Crippen LogP contribution is -2.44. The molecular weight excluding hydrogens is 230 g/mol. The van der Waals surface area contributed by atoms with Crippen molar-refractivity contribution >= 4 is 11.7 Å². The van der Waals surface area contributed by atoms with Crippen LogP contribution in [0.3, 0.4) is 0 Å². The van der Waals surface area contributed by atoms with E-state index in [4.69, 9.17) is 0 Å². The quantitative estimate of drug-likeness (QED) is 0.835. The van der Waals surface area contributed by atoms with Gasteiger partial charge >= 0.3 is 0 Å². The summed E-state index contributed by atoms with van der Waals surface area (Å²) in [7, 11) is 0. The zero-order chi connectivity index (χ0) is 12.4. The number of benzene rings is 1. The van der Waals surface area contributed by atoms with Gasteiger partial charge in [-0.05, 0) is 17.5 Å². The number of nitrogens with one attached hydrogen (secondary N) is 2. The van der Waals surface area contributed by atoms with Gasteiger partial charge in [-0.15, -0.1) is 0 Å². The summed E-state index contributed by atoms with van der Waals surface area (Å²) in [4.78, 5) is 12.0. The van der Waals surface area contributed by atoms with Gasteiger partial charge in [-0.3, -0.25) is 4.79 Å². The fourth-order valence-electron chi connectivity index (χ4n) is 2.13. The molecule has 2 aromatic rings. The average Bonchev–Trinajstić information content (AvgIpc) is 2.91. The lowest BCUT2D eigenvalue weighted by atomic mass is 9.95. The fourth-order valence-corrected chi connectivity index (χ4v) is 2.13. The molecule has 1 aromatic carbocycles. The Morgan fingerprint density at radius 3 is 2.94 bits per heavy atom. The van der Waals surface area contributed by atoms with Crippen molar-refractivity contribution in [1.29, 1.82) is 0 Å². The highest BCUT2D eigenvalue weighted by Crippen LogP contribution is 2.17. The minimum absolute atomic E-state index is 0.0848. The summed E-state index contributed by atoms with van der Waals surface area (Å²) >= 11 is 0. The predicted molar refractivity (Wildman–Crippen MR) is 65.9 cm³/mol. The van der Waals surface area contributed by atoms with E-state index in [0.717, 1.165) is 0 Å². The second kappa shape index (κ2) is 4.62. The van der Waals surface area contributed by atoms with E-state index < -0.39 is 0 Å². The molecule has 92 valence electrons. The molecule has 0 spiro atoms. The molecule has 0 radical (unpaired) electrons. The molecule has 1 aromatic heterocycles. The third-order valence-electron chi connectivity index (χ3n) is 3.09. The number of nitrogens with zero attached hydrogens (tertiary/aromatic N) is 1. The van der Waals surface area contributed by atoms with Crippen molar-refractivity contribution in [3.05, 3.63) is 47.7 Å². The summed E-state index contributed by atoms with van der Waals surface area (Å²) in [6.45, 7) is 0.715. The van der Waals surface area contributed by atoms with E-state index in [0.29, 0.717) is 18.8 Å². The monoisotopic (exact) mass is 243 g/mol. The first-order chi connectivity index (χ1) is 8.83. The molecule has 5 nitrogen and oxygen atoms in total. The van der Waals surface area contributed by atoms with Crippen LogP contribution in [0.5, 0.6) is 0 Å². The molecule has 1 aliphatic rings. The van der Waals surface area contributed by atoms with Gasteiger partial charge in [0.1, 0.15) is 6.26 Å². The highest BCUT2D eigenvalue weighted by Gasteiger charge is 2.24. The number of aromatic nitrogens is 1. The number of carbonyl (C=O) groups excluding carboxylic acids is 1. The number of hydrogen-bond acceptors (Lipinski definition) is 4. The molecule has 1 amide bonds. The standard InChI is InChI=1S/C13H13N3O2/c17-13(15-12-5-6-18-16-12)11-7-9-3-1-2-4-10(9)8-14-11/h1-6,11,14H,7-8H2,(H,15,16,17)/t11-/m1/s1. The maximum Gasteiger partial charge on any atom is 0.243 e. The van der Waals surface area contributed by atoms with E-state index in [1.807, 2.05) is 12.1 Å². The van der Waals surface area contributed by atoms with Crippen molar-refractivity contribution < 1.29 is 9.32 Å². The number of fused-ring (bicyclic) bond motifs is 1. The van der Waals surface area contributed by atoms with Crippen LogP contribution in [0.1, 0.15) is 11.1 Å². The van der Waals surface area contributed by atoms with Gasteiger partial charge in [-0.1, -0.05) is 29.4 Å². The number of carbonyl (C=O) groups is 1. The minimum Gasteiger partial charge on any atom is -0.363 e. The smallest absolute Gasteiger partial charge is 0.243 e. The Morgan fingerprint density at radius 1 is 1.33 bits per heavy atom. The number of rotatable bonds is 2. The van der Waals surface area contributed by atoms with E-state index >= 15 is 0 Å². The maximum absolute atomic E-state index is 12.0. The van der Waals surface area contributed by atoms with Crippen LogP contribution in [0, 0.1) is 0 Å². The molecule has 18 heavy (non-hydrogen) atoms. The van der Waals surface area contributed by atoms with Crippen LogP contribution in [-0.2, 0) is 17.8 Å². The average molecular weight is 243 g/mol. The van der Waals surface area contributed by atoms with Crippen LogP contribution in [0.2, 0.25) is 0 Å². The number of anilines is 1. The molecule has 5 heteroatoms. The highest BCUT2D eigenvalue weighted by atomic mass is 16.5. The van der Waals surface area contributed by atoms with Gasteiger partial charge in [0, 0.05) is 12.6 Å². The van der Waals surface area contributed by atoms with Crippen LogP contribution < -0.4 is 10.6 Å². The van der Waals surface area contributed by atoms with Gasteiger partial charge in [-0.2, -0.15) is 0 Å². The molecule has 2 heterocycles. The summed E-state index contributed by atoms with van der Waals surface area (Å²) in [5.74, 6) is 0.360. The molecule has 1 aliphatic heterocycles. The minimum atomic E-state index is -0.225. The van der Waals surface area contributed by atoms with Crippen molar-refractivity contribution in [2.24, 2.45) is 0 Å². The second-order valence-corrected chi connectivity index (χ2v) is 4.28. The van der Waals surface area contributed by atoms with Crippen LogP contribution in [0.15, 0.2) is 41.1 Å². The van der Waals surface area contributed by atoms with Gasteiger partial charge in [0.15, 0.2) is 5.82 Å². The summed E-state index contributed by atoms with van der Waals surface area (Å²) in [6, 6.07) is 9.54. The SMILES string of the molecule is O=C(Nc1ccon1)[C@H]1Cc2ccccc2CN1.